The molecule has 0 spiro atoms. The summed E-state index contributed by atoms with van der Waals surface area (Å²) in [6, 6.07) is 74.3. The summed E-state index contributed by atoms with van der Waals surface area (Å²) >= 11 is 0. The van der Waals surface area contributed by atoms with Crippen LogP contribution in [0.4, 0.5) is 0 Å². The van der Waals surface area contributed by atoms with Gasteiger partial charge in [0.15, 0.2) is 0 Å². The molecule has 0 radical (unpaired) electrons. The second kappa shape index (κ2) is 11.6. The largest absolute Gasteiger partial charge is 0.0776 e. The molecule has 0 nitrogen and oxygen atoms in total. The van der Waals surface area contributed by atoms with Crippen LogP contribution >= 0.6 is 0 Å². The van der Waals surface area contributed by atoms with Crippen LogP contribution in [-0.4, -0.2) is 0 Å². The Morgan fingerprint density at radius 2 is 0.585 bits per heavy atom. The molecule has 65 heavy (non-hydrogen) atoms. The minimum absolute atomic E-state index is 0. The van der Waals surface area contributed by atoms with E-state index < -0.39 is 0 Å². The summed E-state index contributed by atoms with van der Waals surface area (Å²) in [5.74, 6) is 0. The minimum atomic E-state index is 0. The monoisotopic (exact) mass is 816 g/mol. The molecule has 0 aliphatic heterocycles. The summed E-state index contributed by atoms with van der Waals surface area (Å²) in [4.78, 5) is 0. The minimum Gasteiger partial charge on any atom is -0.0776 e. The van der Waals surface area contributed by atoms with Gasteiger partial charge >= 0.3 is 0 Å². The van der Waals surface area contributed by atoms with Gasteiger partial charge in [-0.1, -0.05) is 195 Å². The zero-order valence-electron chi connectivity index (χ0n) is 34.5. The molecule has 0 heterocycles. The Morgan fingerprint density at radius 3 is 1.26 bits per heavy atom. The lowest BCUT2D eigenvalue weighted by Crippen LogP contribution is -1.89. The molecular formula is C65H36. The highest BCUT2D eigenvalue weighted by Gasteiger charge is 2.31. The van der Waals surface area contributed by atoms with Crippen LogP contribution in [0.1, 0.15) is 7.43 Å². The van der Waals surface area contributed by atoms with Crippen molar-refractivity contribution in [3.05, 3.63) is 194 Å². The smallest absolute Gasteiger partial charge is 0.000674 e. The highest BCUT2D eigenvalue weighted by Crippen LogP contribution is 2.59. The van der Waals surface area contributed by atoms with Crippen LogP contribution in [-0.2, 0) is 0 Å². The molecule has 0 saturated carbocycles. The average molecular weight is 817 g/mol. The Balaban J connectivity index is 0.00000376. The normalized spacial score (nSPS) is 12.8. The van der Waals surface area contributed by atoms with Crippen LogP contribution in [0, 0.1) is 0 Å². The zero-order chi connectivity index (χ0) is 41.1. The third-order valence-corrected chi connectivity index (χ3v) is 15.8. The van der Waals surface area contributed by atoms with Crippen molar-refractivity contribution in [1.82, 2.24) is 0 Å². The summed E-state index contributed by atoms with van der Waals surface area (Å²) < 4.78 is 0. The van der Waals surface area contributed by atoms with Gasteiger partial charge in [-0.25, -0.2) is 0 Å². The Kier molecular flexibility index (Phi) is 6.12. The molecular weight excluding hydrogens is 781 g/mol. The van der Waals surface area contributed by atoms with Crippen molar-refractivity contribution in [3.8, 4) is 44.5 Å². The van der Waals surface area contributed by atoms with Crippen molar-refractivity contribution < 1.29 is 0 Å². The summed E-state index contributed by atoms with van der Waals surface area (Å²) in [6.45, 7) is 0. The highest BCUT2D eigenvalue weighted by atomic mass is 14.3. The summed E-state index contributed by atoms with van der Waals surface area (Å²) in [5.41, 5.74) is 10.5. The quantitative estimate of drug-likeness (QED) is 0.120. The predicted octanol–water partition coefficient (Wildman–Crippen LogP) is 18.9. The van der Waals surface area contributed by atoms with Crippen LogP contribution in [0.15, 0.2) is 194 Å². The van der Waals surface area contributed by atoms with Gasteiger partial charge in [-0.2, -0.15) is 0 Å². The summed E-state index contributed by atoms with van der Waals surface area (Å²) in [7, 11) is 0. The first kappa shape index (κ1) is 34.2. The summed E-state index contributed by atoms with van der Waals surface area (Å²) in [6.07, 6.45) is 0. The second-order valence-corrected chi connectivity index (χ2v) is 18.5. The van der Waals surface area contributed by atoms with Gasteiger partial charge in [-0.3, -0.25) is 0 Å². The topological polar surface area (TPSA) is 0 Å². The maximum absolute atomic E-state index is 2.59. The van der Waals surface area contributed by atoms with E-state index in [1.165, 1.54) is 174 Å². The van der Waals surface area contributed by atoms with E-state index in [4.69, 9.17) is 0 Å². The van der Waals surface area contributed by atoms with Gasteiger partial charge in [0, 0.05) is 0 Å². The van der Waals surface area contributed by atoms with Crippen molar-refractivity contribution in [3.63, 3.8) is 0 Å². The van der Waals surface area contributed by atoms with Crippen molar-refractivity contribution in [2.75, 3.05) is 0 Å². The Labute approximate surface area is 373 Å². The van der Waals surface area contributed by atoms with Gasteiger partial charge in [0.25, 0.3) is 0 Å². The molecule has 0 fully saturated rings. The number of rotatable bonds is 2. The molecule has 0 bridgehead atoms. The van der Waals surface area contributed by atoms with E-state index in [1.54, 1.807) is 0 Å². The molecule has 0 amide bonds. The molecule has 0 saturated heterocycles. The molecule has 0 atom stereocenters. The molecule has 1 aliphatic rings. The van der Waals surface area contributed by atoms with Gasteiger partial charge in [0.1, 0.15) is 0 Å². The van der Waals surface area contributed by atoms with E-state index in [0.717, 1.165) is 0 Å². The fourth-order valence-corrected chi connectivity index (χ4v) is 13.5. The van der Waals surface area contributed by atoms with Crippen LogP contribution < -0.4 is 0 Å². The van der Waals surface area contributed by atoms with Gasteiger partial charge in [0.05, 0.1) is 0 Å². The zero-order valence-corrected chi connectivity index (χ0v) is 34.5. The van der Waals surface area contributed by atoms with Crippen molar-refractivity contribution in [1.29, 1.82) is 0 Å². The van der Waals surface area contributed by atoms with Crippen LogP contribution in [0.3, 0.4) is 0 Å². The van der Waals surface area contributed by atoms with E-state index >= 15 is 0 Å². The summed E-state index contributed by atoms with van der Waals surface area (Å²) in [5, 5.41) is 32.6. The van der Waals surface area contributed by atoms with Gasteiger partial charge in [-0.15, -0.1) is 0 Å². The molecule has 0 aromatic heterocycles. The molecule has 0 unspecified atom stereocenters. The molecule has 0 heteroatoms. The lowest BCUT2D eigenvalue weighted by Gasteiger charge is -2.17. The van der Waals surface area contributed by atoms with E-state index in [9.17, 15) is 0 Å². The third kappa shape index (κ3) is 3.83. The highest BCUT2D eigenvalue weighted by molar-refractivity contribution is 6.54. The van der Waals surface area contributed by atoms with Crippen molar-refractivity contribution in [2.45, 2.75) is 7.43 Å². The van der Waals surface area contributed by atoms with E-state index in [2.05, 4.69) is 194 Å². The van der Waals surface area contributed by atoms with Crippen LogP contribution in [0.2, 0.25) is 0 Å². The molecule has 17 rings (SSSR count). The Hall–Kier alpha value is -8.32. The average Bonchev–Trinajstić information content (AvgIpc) is 4.08. The van der Waals surface area contributed by atoms with Crippen molar-refractivity contribution >= 4 is 129 Å². The van der Waals surface area contributed by atoms with Crippen LogP contribution in [0.25, 0.3) is 174 Å². The third-order valence-electron chi connectivity index (χ3n) is 15.8. The predicted molar refractivity (Wildman–Crippen MR) is 283 cm³/mol. The second-order valence-electron chi connectivity index (χ2n) is 18.5. The van der Waals surface area contributed by atoms with E-state index in [1.807, 2.05) is 0 Å². The number of fused-ring (bicyclic) bond motifs is 16. The van der Waals surface area contributed by atoms with Crippen LogP contribution in [0.5, 0.6) is 0 Å². The first-order chi connectivity index (χ1) is 31.8. The lowest BCUT2D eigenvalue weighted by atomic mass is 9.85. The number of hydrogen-bond donors (Lipinski definition) is 0. The Morgan fingerprint density at radius 1 is 0.185 bits per heavy atom. The van der Waals surface area contributed by atoms with E-state index in [0.29, 0.717) is 0 Å². The first-order valence-electron chi connectivity index (χ1n) is 22.6. The van der Waals surface area contributed by atoms with Gasteiger partial charge < -0.3 is 0 Å². The standard InChI is InChI=1S/C64H32.CH4/c1-2-12-33(13-3-1)35-16-4-7-19-38(35)57-52-32-51-41-22-10-14-34-15-11-23-48(53(34)41)59(51)60-39-20-8-9-21-40(39)61(64(52)60)63-50-31-29-47-45-27-25-43-37-18-6-5-17-36(37)42-24-26-44(55(45)54(42)43)46-28-30-49(62(57)63)58(50)56(46)47;/h1-32H;1H4. The molecule has 16 aromatic rings. The lowest BCUT2D eigenvalue weighted by molar-refractivity contribution is 1.61. The maximum atomic E-state index is 2.59. The molecule has 1 aliphatic carbocycles. The van der Waals surface area contributed by atoms with Gasteiger partial charge in [-0.05, 0) is 180 Å². The number of hydrogen-bond acceptors (Lipinski definition) is 0. The first-order valence-corrected chi connectivity index (χ1v) is 22.6. The molecule has 0 N–H and O–H groups in total. The Bertz CT molecular complexity index is 4660. The number of benzene rings is 13. The maximum Gasteiger partial charge on any atom is -0.000674 e. The fourth-order valence-electron chi connectivity index (χ4n) is 13.5. The SMILES string of the molecule is C.c1ccc(-c2ccccc2-c2c3cc4c5cccc6cccc(c65)c4c4c5ccccc5c(c5c6ccc7c8ccc9c%10c(ccc(c%11ccc(c25)c6c%117)c%108)-c2ccccc2-9)c34)cc1. The molecule has 16 aromatic carbocycles. The van der Waals surface area contributed by atoms with E-state index in [-0.39, 0.29) is 7.43 Å². The molecule has 296 valence electrons. The van der Waals surface area contributed by atoms with Gasteiger partial charge in [0.2, 0.25) is 0 Å². The fraction of sp³-hybridized carbons (Fsp3) is 0.0154. The van der Waals surface area contributed by atoms with Crippen molar-refractivity contribution in [2.24, 2.45) is 0 Å².